The van der Waals surface area contributed by atoms with Crippen LogP contribution in [0.2, 0.25) is 0 Å². The average Bonchev–Trinajstić information content (AvgIpc) is 2.57. The Balaban J connectivity index is 2.38. The van der Waals surface area contributed by atoms with Crippen molar-refractivity contribution < 1.29 is 23.2 Å². The molecule has 2 rings (SSSR count). The minimum atomic E-state index is -0.875. The highest BCUT2D eigenvalue weighted by atomic mass is 19.1. The van der Waals surface area contributed by atoms with Gasteiger partial charge in [0.25, 0.3) is 0 Å². The zero-order chi connectivity index (χ0) is 16.7. The number of halogens is 2. The van der Waals surface area contributed by atoms with Gasteiger partial charge in [0.1, 0.15) is 17.4 Å². The van der Waals surface area contributed by atoms with Crippen LogP contribution in [-0.4, -0.2) is 30.0 Å². The first-order chi connectivity index (χ1) is 10.1. The number of benzene rings is 1. The van der Waals surface area contributed by atoms with Crippen LogP contribution in [0, 0.1) is 11.6 Å². The van der Waals surface area contributed by atoms with Gasteiger partial charge in [-0.15, -0.1) is 0 Å². The van der Waals surface area contributed by atoms with Crippen LogP contribution >= 0.6 is 0 Å². The standard InChI is InChI=1S/C15H20BF2NO3/c1-14(2)15(3,4)22-16(21-14)9(8-19)5-11-12(17)6-10(20)7-13(11)18/h5-7,20H,8,19H2,1-4H3. The SMILES string of the molecule is CC1(C)OB(C(=Cc2c(F)cc(O)cc2F)CN)OC1(C)C. The van der Waals surface area contributed by atoms with Gasteiger partial charge < -0.3 is 20.1 Å². The molecular formula is C15H20BF2NO3. The van der Waals surface area contributed by atoms with Crippen LogP contribution in [0.25, 0.3) is 6.08 Å². The molecule has 1 heterocycles. The first kappa shape index (κ1) is 16.9. The van der Waals surface area contributed by atoms with E-state index >= 15 is 0 Å². The van der Waals surface area contributed by atoms with Crippen molar-refractivity contribution in [2.24, 2.45) is 5.73 Å². The van der Waals surface area contributed by atoms with E-state index in [1.807, 2.05) is 27.7 Å². The van der Waals surface area contributed by atoms with E-state index in [1.165, 1.54) is 6.08 Å². The summed E-state index contributed by atoms with van der Waals surface area (Å²) in [7, 11) is -0.775. The highest BCUT2D eigenvalue weighted by Crippen LogP contribution is 2.38. The van der Waals surface area contributed by atoms with E-state index < -0.39 is 35.7 Å². The minimum Gasteiger partial charge on any atom is -0.508 e. The quantitative estimate of drug-likeness (QED) is 0.842. The first-order valence-corrected chi connectivity index (χ1v) is 7.01. The molecule has 0 saturated carbocycles. The summed E-state index contributed by atoms with van der Waals surface area (Å²) in [6.45, 7) is 7.54. The second-order valence-electron chi connectivity index (χ2n) is 6.33. The smallest absolute Gasteiger partial charge is 0.491 e. The second-order valence-corrected chi connectivity index (χ2v) is 6.33. The van der Waals surface area contributed by atoms with Gasteiger partial charge in [-0.05, 0) is 33.2 Å². The van der Waals surface area contributed by atoms with Gasteiger partial charge in [0.15, 0.2) is 0 Å². The number of nitrogens with two attached hydrogens (primary N) is 1. The number of aromatic hydroxyl groups is 1. The second kappa shape index (κ2) is 5.64. The summed E-state index contributed by atoms with van der Waals surface area (Å²) in [6, 6.07) is 1.68. The van der Waals surface area contributed by atoms with Crippen molar-refractivity contribution in [3.8, 4) is 5.75 Å². The molecular weight excluding hydrogens is 291 g/mol. The lowest BCUT2D eigenvalue weighted by molar-refractivity contribution is 0.00578. The molecule has 22 heavy (non-hydrogen) atoms. The predicted molar refractivity (Wildman–Crippen MR) is 81.1 cm³/mol. The monoisotopic (exact) mass is 311 g/mol. The molecule has 0 aliphatic carbocycles. The third-order valence-electron chi connectivity index (χ3n) is 4.19. The van der Waals surface area contributed by atoms with Crippen LogP contribution in [0.1, 0.15) is 33.3 Å². The maximum Gasteiger partial charge on any atom is 0.491 e. The summed E-state index contributed by atoms with van der Waals surface area (Å²) in [5.41, 5.74) is 4.68. The molecule has 1 saturated heterocycles. The van der Waals surface area contributed by atoms with Crippen molar-refractivity contribution in [1.29, 1.82) is 0 Å². The molecule has 1 aromatic carbocycles. The van der Waals surface area contributed by atoms with Gasteiger partial charge in [-0.25, -0.2) is 8.78 Å². The summed E-state index contributed by atoms with van der Waals surface area (Å²) in [6.07, 6.45) is 1.27. The predicted octanol–water partition coefficient (Wildman–Crippen LogP) is 2.64. The Labute approximate surface area is 129 Å². The van der Waals surface area contributed by atoms with Gasteiger partial charge in [-0.2, -0.15) is 0 Å². The first-order valence-electron chi connectivity index (χ1n) is 7.01. The van der Waals surface area contributed by atoms with Crippen molar-refractivity contribution in [3.63, 3.8) is 0 Å². The highest BCUT2D eigenvalue weighted by Gasteiger charge is 2.52. The van der Waals surface area contributed by atoms with Crippen molar-refractivity contribution in [1.82, 2.24) is 0 Å². The largest absolute Gasteiger partial charge is 0.508 e. The minimum absolute atomic E-state index is 0.0244. The lowest BCUT2D eigenvalue weighted by atomic mass is 9.77. The molecule has 120 valence electrons. The molecule has 0 spiro atoms. The third-order valence-corrected chi connectivity index (χ3v) is 4.19. The molecule has 0 aromatic heterocycles. The van der Waals surface area contributed by atoms with Crippen LogP contribution < -0.4 is 5.73 Å². The highest BCUT2D eigenvalue weighted by molar-refractivity contribution is 6.55. The van der Waals surface area contributed by atoms with Gasteiger partial charge >= 0.3 is 7.12 Å². The molecule has 1 aliphatic heterocycles. The average molecular weight is 311 g/mol. The van der Waals surface area contributed by atoms with Gasteiger partial charge in [-0.3, -0.25) is 0 Å². The Morgan fingerprint density at radius 1 is 1.18 bits per heavy atom. The number of hydrogen-bond donors (Lipinski definition) is 2. The number of hydrogen-bond acceptors (Lipinski definition) is 4. The number of phenols is 1. The topological polar surface area (TPSA) is 64.7 Å². The summed E-state index contributed by atoms with van der Waals surface area (Å²) in [5.74, 6) is -2.22. The van der Waals surface area contributed by atoms with Crippen molar-refractivity contribution >= 4 is 13.2 Å². The Bertz CT molecular complexity index is 578. The molecule has 3 N–H and O–H groups in total. The maximum atomic E-state index is 13.8. The van der Waals surface area contributed by atoms with E-state index in [2.05, 4.69) is 0 Å². The molecule has 1 aliphatic rings. The normalized spacial score (nSPS) is 20.5. The van der Waals surface area contributed by atoms with Crippen LogP contribution in [0.15, 0.2) is 17.6 Å². The van der Waals surface area contributed by atoms with Gasteiger partial charge in [0.2, 0.25) is 0 Å². The molecule has 0 radical (unpaired) electrons. The van der Waals surface area contributed by atoms with Gasteiger partial charge in [-0.1, -0.05) is 6.08 Å². The van der Waals surface area contributed by atoms with Crippen molar-refractivity contribution in [2.45, 2.75) is 38.9 Å². The zero-order valence-corrected chi connectivity index (χ0v) is 13.1. The Kier molecular flexibility index (Phi) is 4.34. The van der Waals surface area contributed by atoms with Gasteiger partial charge in [0, 0.05) is 24.2 Å². The van der Waals surface area contributed by atoms with Gasteiger partial charge in [0.05, 0.1) is 11.2 Å². The lowest BCUT2D eigenvalue weighted by Crippen LogP contribution is -2.41. The Morgan fingerprint density at radius 3 is 2.05 bits per heavy atom. The van der Waals surface area contributed by atoms with Crippen LogP contribution in [0.3, 0.4) is 0 Å². The van der Waals surface area contributed by atoms with E-state index in [1.54, 1.807) is 0 Å². The van der Waals surface area contributed by atoms with Crippen LogP contribution in [0.4, 0.5) is 8.78 Å². The zero-order valence-electron chi connectivity index (χ0n) is 13.1. The van der Waals surface area contributed by atoms with Crippen molar-refractivity contribution in [3.05, 3.63) is 34.8 Å². The molecule has 0 unspecified atom stereocenters. The molecule has 0 bridgehead atoms. The van der Waals surface area contributed by atoms with Crippen molar-refractivity contribution in [2.75, 3.05) is 6.54 Å². The lowest BCUT2D eigenvalue weighted by Gasteiger charge is -2.32. The molecule has 7 heteroatoms. The van der Waals surface area contributed by atoms with E-state index in [4.69, 9.17) is 15.0 Å². The maximum absolute atomic E-state index is 13.8. The fourth-order valence-corrected chi connectivity index (χ4v) is 2.11. The fourth-order valence-electron chi connectivity index (χ4n) is 2.11. The summed E-state index contributed by atoms with van der Waals surface area (Å²) >= 11 is 0. The van der Waals surface area contributed by atoms with E-state index in [0.29, 0.717) is 5.47 Å². The Morgan fingerprint density at radius 2 is 1.64 bits per heavy atom. The third kappa shape index (κ3) is 3.02. The fraction of sp³-hybridized carbons (Fsp3) is 0.467. The molecule has 0 amide bonds. The van der Waals surface area contributed by atoms with E-state index in [-0.39, 0.29) is 12.1 Å². The van der Waals surface area contributed by atoms with E-state index in [0.717, 1.165) is 12.1 Å². The van der Waals surface area contributed by atoms with E-state index in [9.17, 15) is 13.9 Å². The molecule has 0 atom stereocenters. The number of rotatable bonds is 3. The Hall–Kier alpha value is -1.44. The number of phenolic OH excluding ortho intramolecular Hbond substituents is 1. The summed E-state index contributed by atoms with van der Waals surface area (Å²) in [4.78, 5) is 0. The van der Waals surface area contributed by atoms with Crippen LogP contribution in [0.5, 0.6) is 5.75 Å². The summed E-state index contributed by atoms with van der Waals surface area (Å²) < 4.78 is 39.3. The molecule has 1 fully saturated rings. The summed E-state index contributed by atoms with van der Waals surface area (Å²) in [5, 5.41) is 9.18. The van der Waals surface area contributed by atoms with Crippen LogP contribution in [-0.2, 0) is 9.31 Å². The molecule has 4 nitrogen and oxygen atoms in total. The molecule has 1 aromatic rings.